The lowest BCUT2D eigenvalue weighted by Gasteiger charge is -2.24. The first-order valence-corrected chi connectivity index (χ1v) is 10.5. The van der Waals surface area contributed by atoms with E-state index in [1.165, 1.54) is 93.1 Å². The summed E-state index contributed by atoms with van der Waals surface area (Å²) in [7, 11) is 0. The Balaban J connectivity index is 1.38. The average molecular weight is 343 g/mol. The van der Waals surface area contributed by atoms with Gasteiger partial charge in [-0.1, -0.05) is 6.42 Å². The molecular formula is C19H26N4S. The van der Waals surface area contributed by atoms with E-state index in [9.17, 15) is 0 Å². The number of hydrogen-bond donors (Lipinski definition) is 0. The van der Waals surface area contributed by atoms with Crippen LogP contribution in [-0.2, 0) is 32.4 Å². The number of thiazole rings is 1. The van der Waals surface area contributed by atoms with Crippen molar-refractivity contribution >= 4 is 11.3 Å². The Morgan fingerprint density at radius 2 is 2.04 bits per heavy atom. The summed E-state index contributed by atoms with van der Waals surface area (Å²) in [5.41, 5.74) is 2.85. The zero-order valence-electron chi connectivity index (χ0n) is 14.3. The Kier molecular flexibility index (Phi) is 3.94. The number of hydrogen-bond acceptors (Lipinski definition) is 4. The smallest absolute Gasteiger partial charge is 0.126 e. The summed E-state index contributed by atoms with van der Waals surface area (Å²) in [5, 5.41) is 1.33. The van der Waals surface area contributed by atoms with Crippen molar-refractivity contribution in [3.8, 4) is 0 Å². The second-order valence-corrected chi connectivity index (χ2v) is 8.70. The van der Waals surface area contributed by atoms with Crippen LogP contribution in [0.1, 0.15) is 71.7 Å². The van der Waals surface area contributed by atoms with Gasteiger partial charge in [-0.3, -0.25) is 4.90 Å². The SMILES string of the molecule is c1nc([C@H]2CCCN2Cc2nc3c(s2)CCC3)n2c1CCCCC2. The van der Waals surface area contributed by atoms with Crippen LogP contribution in [0.4, 0.5) is 0 Å². The van der Waals surface area contributed by atoms with Crippen LogP contribution in [0.25, 0.3) is 0 Å². The molecule has 24 heavy (non-hydrogen) atoms. The van der Waals surface area contributed by atoms with Crippen LogP contribution >= 0.6 is 11.3 Å². The number of rotatable bonds is 3. The highest BCUT2D eigenvalue weighted by molar-refractivity contribution is 7.11. The molecule has 1 fully saturated rings. The molecule has 128 valence electrons. The van der Waals surface area contributed by atoms with Gasteiger partial charge in [0.25, 0.3) is 0 Å². The first-order chi connectivity index (χ1) is 11.9. The fourth-order valence-corrected chi connectivity index (χ4v) is 5.88. The van der Waals surface area contributed by atoms with Crippen LogP contribution in [0.3, 0.4) is 0 Å². The summed E-state index contributed by atoms with van der Waals surface area (Å²) < 4.78 is 2.54. The Hall–Kier alpha value is -1.20. The third-order valence-electron chi connectivity index (χ3n) is 5.92. The van der Waals surface area contributed by atoms with Gasteiger partial charge in [0.2, 0.25) is 0 Å². The van der Waals surface area contributed by atoms with Crippen molar-refractivity contribution in [2.24, 2.45) is 0 Å². The van der Waals surface area contributed by atoms with E-state index in [0.29, 0.717) is 6.04 Å². The number of nitrogens with zero attached hydrogens (tertiary/aromatic N) is 4. The fourth-order valence-electron chi connectivity index (χ4n) is 4.70. The molecule has 2 aliphatic heterocycles. The van der Waals surface area contributed by atoms with Gasteiger partial charge in [-0.15, -0.1) is 11.3 Å². The summed E-state index contributed by atoms with van der Waals surface area (Å²) in [4.78, 5) is 14.0. The van der Waals surface area contributed by atoms with E-state index in [1.54, 1.807) is 4.88 Å². The minimum absolute atomic E-state index is 0.496. The monoisotopic (exact) mass is 342 g/mol. The molecule has 1 atom stereocenters. The van der Waals surface area contributed by atoms with Crippen molar-refractivity contribution in [1.82, 2.24) is 19.4 Å². The molecular weight excluding hydrogens is 316 g/mol. The Morgan fingerprint density at radius 1 is 1.04 bits per heavy atom. The van der Waals surface area contributed by atoms with Gasteiger partial charge >= 0.3 is 0 Å². The molecule has 0 spiro atoms. The molecule has 0 radical (unpaired) electrons. The van der Waals surface area contributed by atoms with Gasteiger partial charge in [0, 0.05) is 23.3 Å². The van der Waals surface area contributed by atoms with E-state index in [1.807, 2.05) is 11.3 Å². The summed E-state index contributed by atoms with van der Waals surface area (Å²) in [6.45, 7) is 3.38. The average Bonchev–Trinajstić information content (AvgIpc) is 3.31. The summed E-state index contributed by atoms with van der Waals surface area (Å²) in [6, 6.07) is 0.496. The van der Waals surface area contributed by atoms with E-state index in [0.717, 1.165) is 6.54 Å². The molecule has 0 amide bonds. The van der Waals surface area contributed by atoms with Crippen LogP contribution in [0.5, 0.6) is 0 Å². The molecule has 4 heterocycles. The first kappa shape index (κ1) is 15.1. The maximum atomic E-state index is 4.92. The van der Waals surface area contributed by atoms with Crippen molar-refractivity contribution in [3.05, 3.63) is 33.3 Å². The Morgan fingerprint density at radius 3 is 3.00 bits per heavy atom. The molecule has 0 aromatic carbocycles. The van der Waals surface area contributed by atoms with Gasteiger partial charge in [0.15, 0.2) is 0 Å². The highest BCUT2D eigenvalue weighted by atomic mass is 32.1. The topological polar surface area (TPSA) is 34.0 Å². The highest BCUT2D eigenvalue weighted by Crippen LogP contribution is 2.35. The van der Waals surface area contributed by atoms with E-state index in [-0.39, 0.29) is 0 Å². The second-order valence-electron chi connectivity index (χ2n) is 7.53. The quantitative estimate of drug-likeness (QED) is 0.848. The van der Waals surface area contributed by atoms with Gasteiger partial charge in [0.1, 0.15) is 10.8 Å². The van der Waals surface area contributed by atoms with Gasteiger partial charge in [-0.05, 0) is 57.9 Å². The standard InChI is InChI=1S/C19H26N4S/c1-2-6-14-12-20-19(23(14)11-3-1)16-8-5-10-22(16)13-18-21-15-7-4-9-17(15)24-18/h12,16H,1-11,13H2/t16-/m1/s1. The molecule has 5 heteroatoms. The van der Waals surface area contributed by atoms with Gasteiger partial charge in [0.05, 0.1) is 18.3 Å². The van der Waals surface area contributed by atoms with E-state index in [2.05, 4.69) is 15.7 Å². The molecule has 0 saturated carbocycles. The Bertz CT molecular complexity index is 710. The zero-order chi connectivity index (χ0) is 15.9. The first-order valence-electron chi connectivity index (χ1n) is 9.64. The van der Waals surface area contributed by atoms with Crippen molar-refractivity contribution in [1.29, 1.82) is 0 Å². The van der Waals surface area contributed by atoms with E-state index >= 15 is 0 Å². The van der Waals surface area contributed by atoms with Crippen molar-refractivity contribution < 1.29 is 0 Å². The zero-order valence-corrected chi connectivity index (χ0v) is 15.2. The molecule has 1 aliphatic carbocycles. The minimum Gasteiger partial charge on any atom is -0.331 e. The number of likely N-dealkylation sites (tertiary alicyclic amines) is 1. The molecule has 3 aliphatic rings. The summed E-state index contributed by atoms with van der Waals surface area (Å²) in [5.74, 6) is 1.33. The molecule has 0 unspecified atom stereocenters. The Labute approximate surface area is 147 Å². The lowest BCUT2D eigenvalue weighted by atomic mass is 10.2. The van der Waals surface area contributed by atoms with Crippen LogP contribution in [0.2, 0.25) is 0 Å². The molecule has 5 rings (SSSR count). The molecule has 2 aromatic rings. The maximum Gasteiger partial charge on any atom is 0.126 e. The lowest BCUT2D eigenvalue weighted by Crippen LogP contribution is -2.25. The third kappa shape index (κ3) is 2.62. The van der Waals surface area contributed by atoms with Crippen LogP contribution < -0.4 is 0 Å². The second kappa shape index (κ2) is 6.26. The predicted molar refractivity (Wildman–Crippen MR) is 96.3 cm³/mol. The molecule has 1 saturated heterocycles. The van der Waals surface area contributed by atoms with E-state index in [4.69, 9.17) is 9.97 Å². The number of aryl methyl sites for hydroxylation is 3. The largest absolute Gasteiger partial charge is 0.331 e. The maximum absolute atomic E-state index is 4.92. The number of imidazole rings is 1. The summed E-state index contributed by atoms with van der Waals surface area (Å²) >= 11 is 1.96. The molecule has 0 N–H and O–H groups in total. The van der Waals surface area contributed by atoms with Crippen LogP contribution in [0, 0.1) is 0 Å². The van der Waals surface area contributed by atoms with Crippen molar-refractivity contribution in [3.63, 3.8) is 0 Å². The van der Waals surface area contributed by atoms with Crippen LogP contribution in [-0.4, -0.2) is 26.0 Å². The lowest BCUT2D eigenvalue weighted by molar-refractivity contribution is 0.234. The van der Waals surface area contributed by atoms with Gasteiger partial charge in [-0.25, -0.2) is 9.97 Å². The van der Waals surface area contributed by atoms with Gasteiger partial charge < -0.3 is 4.57 Å². The normalized spacial score (nSPS) is 24.1. The van der Waals surface area contributed by atoms with Crippen molar-refractivity contribution in [2.75, 3.05) is 6.54 Å². The number of aromatic nitrogens is 3. The third-order valence-corrected chi connectivity index (χ3v) is 7.07. The highest BCUT2D eigenvalue weighted by Gasteiger charge is 2.31. The molecule has 2 aromatic heterocycles. The predicted octanol–water partition coefficient (Wildman–Crippen LogP) is 3.89. The van der Waals surface area contributed by atoms with Crippen molar-refractivity contribution in [2.45, 2.75) is 76.9 Å². The van der Waals surface area contributed by atoms with E-state index < -0.39 is 0 Å². The van der Waals surface area contributed by atoms with Gasteiger partial charge in [-0.2, -0.15) is 0 Å². The number of fused-ring (bicyclic) bond motifs is 2. The molecule has 4 nitrogen and oxygen atoms in total. The molecule has 0 bridgehead atoms. The van der Waals surface area contributed by atoms with Crippen LogP contribution in [0.15, 0.2) is 6.20 Å². The minimum atomic E-state index is 0.496. The summed E-state index contributed by atoms with van der Waals surface area (Å²) in [6.07, 6.45) is 13.6. The fraction of sp³-hybridized carbons (Fsp3) is 0.684.